The molecule has 0 aromatic heterocycles. The molecule has 5 saturated carbocycles. The van der Waals surface area contributed by atoms with Crippen LogP contribution in [-0.4, -0.2) is 245 Å². The molecule has 4 saturated heterocycles. The summed E-state index contributed by atoms with van der Waals surface area (Å²) in [5.41, 5.74) is -2.92. The summed E-state index contributed by atoms with van der Waals surface area (Å²) in [4.78, 5) is 14.3. The number of aliphatic hydroxyl groups excluding tert-OH is 14. The molecule has 4 heterocycles. The van der Waals surface area contributed by atoms with E-state index in [9.17, 15) is 81.4 Å². The van der Waals surface area contributed by atoms with Gasteiger partial charge in [0.05, 0.1) is 44.6 Å². The second-order valence-corrected chi connectivity index (χ2v) is 25.6. The number of carboxylic acid groups (broad SMARTS) is 1. The Hall–Kier alpha value is -1.41. The van der Waals surface area contributed by atoms with Crippen LogP contribution in [0.4, 0.5) is 0 Å². The minimum atomic E-state index is -1.80. The third-order valence-corrected chi connectivity index (χ3v) is 21.9. The number of ether oxygens (including phenoxy) is 8. The molecule has 24 heteroatoms. The lowest BCUT2D eigenvalue weighted by Gasteiger charge is -2.72. The van der Waals surface area contributed by atoms with Gasteiger partial charge in [-0.05, 0) is 115 Å². The molecule has 0 unspecified atom stereocenters. The molecule has 9 aliphatic rings. The molecule has 0 aromatic carbocycles. The Morgan fingerprint density at radius 1 is 0.545 bits per heavy atom. The molecule has 0 amide bonds. The van der Waals surface area contributed by atoms with Crippen LogP contribution in [0.1, 0.15) is 98.8 Å². The Bertz CT molecular complexity index is 2020. The summed E-state index contributed by atoms with van der Waals surface area (Å²) in [5.74, 6) is -2.31. The number of carbonyl (C=O) groups is 1. The molecule has 0 bridgehead atoms. The van der Waals surface area contributed by atoms with Crippen LogP contribution in [0, 0.1) is 62.6 Å². The first kappa shape index (κ1) is 60.2. The fourth-order valence-electron chi connectivity index (χ4n) is 17.7. The summed E-state index contributed by atoms with van der Waals surface area (Å²) >= 11 is 0. The summed E-state index contributed by atoms with van der Waals surface area (Å²) < 4.78 is 48.2. The summed E-state index contributed by atoms with van der Waals surface area (Å²) in [7, 11) is 0. The van der Waals surface area contributed by atoms with E-state index >= 15 is 0 Å². The zero-order valence-electron chi connectivity index (χ0n) is 44.7. The lowest BCUT2D eigenvalue weighted by molar-refractivity contribution is -0.354. The van der Waals surface area contributed by atoms with Crippen LogP contribution in [-0.2, 0) is 42.7 Å². The highest BCUT2D eigenvalue weighted by Crippen LogP contribution is 2.78. The van der Waals surface area contributed by atoms with Gasteiger partial charge in [-0.15, -0.1) is 0 Å². The molecular weight excluding hydrogens is 1020 g/mol. The molecule has 9 rings (SSSR count). The second kappa shape index (κ2) is 22.6. The minimum absolute atomic E-state index is 0.0598. The molecule has 24 nitrogen and oxygen atoms in total. The first-order valence-corrected chi connectivity index (χ1v) is 28.0. The van der Waals surface area contributed by atoms with Crippen molar-refractivity contribution in [3.63, 3.8) is 0 Å². The van der Waals surface area contributed by atoms with Crippen molar-refractivity contribution >= 4 is 5.97 Å². The third kappa shape index (κ3) is 9.77. The molecule has 0 aromatic rings. The van der Waals surface area contributed by atoms with E-state index in [1.54, 1.807) is 0 Å². The van der Waals surface area contributed by atoms with Gasteiger partial charge >= 0.3 is 5.97 Å². The molecule has 0 radical (unpaired) electrons. The molecule has 5 aliphatic carbocycles. The highest BCUT2D eigenvalue weighted by atomic mass is 16.8. The van der Waals surface area contributed by atoms with Crippen molar-refractivity contribution < 1.29 is 119 Å². The van der Waals surface area contributed by atoms with Gasteiger partial charge in [0.25, 0.3) is 0 Å². The number of aliphatic hydroxyl groups is 14. The number of carboxylic acids is 1. The maximum atomic E-state index is 14.3. The monoisotopic (exact) mass is 1110 g/mol. The van der Waals surface area contributed by atoms with Crippen LogP contribution in [0.15, 0.2) is 0 Å². The lowest BCUT2D eigenvalue weighted by atomic mass is 9.31. The van der Waals surface area contributed by atoms with Gasteiger partial charge in [-0.2, -0.15) is 0 Å². The first-order chi connectivity index (χ1) is 36.3. The lowest BCUT2D eigenvalue weighted by Crippen LogP contribution is -2.67. The molecule has 9 fully saturated rings. The van der Waals surface area contributed by atoms with Crippen LogP contribution in [0.3, 0.4) is 0 Å². The largest absolute Gasteiger partial charge is 0.481 e. The van der Waals surface area contributed by atoms with Gasteiger partial charge < -0.3 is 114 Å². The third-order valence-electron chi connectivity index (χ3n) is 21.9. The molecular formula is C53H88O24. The Balaban J connectivity index is 0.954. The van der Waals surface area contributed by atoms with Crippen LogP contribution in [0.2, 0.25) is 0 Å². The second-order valence-electron chi connectivity index (χ2n) is 25.6. The van der Waals surface area contributed by atoms with Gasteiger partial charge in [-0.25, -0.2) is 0 Å². The van der Waals surface area contributed by atoms with Crippen molar-refractivity contribution in [1.29, 1.82) is 0 Å². The standard InChI is InChI=1S/C53H88O24/c1-22(16-54)32-23-9-13-52(5)31(53(23,48(68)69)15-24(32)72-45-42(67)38(63)34(59)26(18-56)74-45)8-7-30-50(3)12-6-11-49(2,29(50)10-14-51(30,52)4)21-71-47-43(77-46-40(65)35(60)27(19-57)75-46)39(64)36(61)28(76-47)20-70-44-41(66)37(62)33(58)25(17-55)73-44/h22-47,54-67H,6-21H2,1-5H3,(H,68,69)/t22-,23+,24+,25-,26-,27+,28-,29+,30-,31+,32-,33-,34-,35+,36-,37+,38+,39+,40-,41-,42-,43-,44-,45-,46+,47-,49-,50+,51-,52-,53-/m1/s1. The summed E-state index contributed by atoms with van der Waals surface area (Å²) in [5, 5.41) is 160. The Kier molecular flexibility index (Phi) is 17.7. The smallest absolute Gasteiger partial charge is 0.310 e. The Morgan fingerprint density at radius 2 is 1.05 bits per heavy atom. The number of aliphatic carboxylic acids is 1. The summed E-state index contributed by atoms with van der Waals surface area (Å²) in [6.45, 7) is 8.19. The number of hydrogen-bond acceptors (Lipinski definition) is 23. The zero-order chi connectivity index (χ0) is 56.1. The van der Waals surface area contributed by atoms with E-state index in [4.69, 9.17) is 37.9 Å². The molecule has 31 atom stereocenters. The van der Waals surface area contributed by atoms with Gasteiger partial charge in [0, 0.05) is 6.61 Å². The van der Waals surface area contributed by atoms with E-state index in [2.05, 4.69) is 27.7 Å². The van der Waals surface area contributed by atoms with E-state index < -0.39 is 189 Å². The van der Waals surface area contributed by atoms with Crippen LogP contribution < -0.4 is 0 Å². The summed E-state index contributed by atoms with van der Waals surface area (Å²) in [6, 6.07) is 0. The quantitative estimate of drug-likeness (QED) is 0.0735. The highest BCUT2D eigenvalue weighted by Gasteiger charge is 2.75. The topological polar surface area (TPSA) is 394 Å². The number of fused-ring (bicyclic) bond motifs is 7. The van der Waals surface area contributed by atoms with E-state index in [1.807, 2.05) is 6.92 Å². The van der Waals surface area contributed by atoms with Crippen LogP contribution in [0.5, 0.6) is 0 Å². The van der Waals surface area contributed by atoms with Gasteiger partial charge in [0.15, 0.2) is 25.2 Å². The Labute approximate surface area is 448 Å². The first-order valence-electron chi connectivity index (χ1n) is 28.0. The normalized spacial score (nSPS) is 55.2. The fraction of sp³-hybridized carbons (Fsp3) is 0.981. The van der Waals surface area contributed by atoms with E-state index in [0.29, 0.717) is 12.8 Å². The zero-order valence-corrected chi connectivity index (χ0v) is 44.7. The van der Waals surface area contributed by atoms with Crippen molar-refractivity contribution in [3.05, 3.63) is 0 Å². The van der Waals surface area contributed by atoms with Gasteiger partial charge in [0.2, 0.25) is 0 Å². The van der Waals surface area contributed by atoms with Crippen molar-refractivity contribution in [3.8, 4) is 0 Å². The molecule has 4 aliphatic heterocycles. The maximum absolute atomic E-state index is 14.3. The van der Waals surface area contributed by atoms with Crippen molar-refractivity contribution in [2.24, 2.45) is 62.6 Å². The van der Waals surface area contributed by atoms with E-state index in [1.165, 1.54) is 0 Å². The van der Waals surface area contributed by atoms with Crippen LogP contribution in [0.25, 0.3) is 0 Å². The SMILES string of the molecule is C[C@H](CO)[C@H]1[C@@H](O[C@@H]2O[C@H](CO)[C@@H](O)[C@H](O)[C@H]2O)C[C@]2(C(=O)O)[C@H]3CC[C@@H]4[C@@]5(C)CCC[C@](C)(CO[C@@H]6O[C@H](CO[C@@H]7O[C@H](CO)[C@@H](O)[C@H](O)[C@H]7O)[C@@H](O)[C@H](O)[C@H]6O[C@@H]6O[C@@H](CO)[C@H](O)[C@H]6O)[C@@H]5CC[C@@]4(C)[C@]3(C)CC[C@@H]12. The predicted molar refractivity (Wildman–Crippen MR) is 260 cm³/mol. The highest BCUT2D eigenvalue weighted by molar-refractivity contribution is 5.77. The fourth-order valence-corrected chi connectivity index (χ4v) is 17.7. The minimum Gasteiger partial charge on any atom is -0.481 e. The molecule has 0 spiro atoms. The predicted octanol–water partition coefficient (Wildman–Crippen LogP) is -2.95. The van der Waals surface area contributed by atoms with Crippen molar-refractivity contribution in [2.75, 3.05) is 39.6 Å². The Morgan fingerprint density at radius 3 is 1.65 bits per heavy atom. The van der Waals surface area contributed by atoms with Crippen molar-refractivity contribution in [1.82, 2.24) is 0 Å². The average Bonchev–Trinajstić information content (AvgIpc) is 3.94. The maximum Gasteiger partial charge on any atom is 0.310 e. The molecule has 15 N–H and O–H groups in total. The number of rotatable bonds is 16. The van der Waals surface area contributed by atoms with E-state index in [0.717, 1.165) is 44.9 Å². The van der Waals surface area contributed by atoms with E-state index in [-0.39, 0.29) is 48.2 Å². The van der Waals surface area contributed by atoms with Gasteiger partial charge in [-0.3, -0.25) is 4.79 Å². The van der Waals surface area contributed by atoms with Crippen molar-refractivity contribution in [2.45, 2.75) is 222 Å². The average molecular weight is 1110 g/mol. The number of hydrogen-bond donors (Lipinski definition) is 15. The molecule has 77 heavy (non-hydrogen) atoms. The molecule has 444 valence electrons. The van der Waals surface area contributed by atoms with Gasteiger partial charge in [-0.1, -0.05) is 41.0 Å². The van der Waals surface area contributed by atoms with Gasteiger partial charge in [0.1, 0.15) is 91.6 Å². The van der Waals surface area contributed by atoms with Crippen LogP contribution >= 0.6 is 0 Å². The summed E-state index contributed by atoms with van der Waals surface area (Å²) in [6.07, 6.45) is -23.9.